The Morgan fingerprint density at radius 3 is 2.58 bits per heavy atom. The molecule has 1 unspecified atom stereocenters. The fourth-order valence-corrected chi connectivity index (χ4v) is 2.36. The number of carbonyl (C=O) groups is 2. The lowest BCUT2D eigenvalue weighted by Crippen LogP contribution is -2.24. The molecule has 1 aromatic rings. The Morgan fingerprint density at radius 1 is 1.21 bits per heavy atom. The zero-order valence-corrected chi connectivity index (χ0v) is 11.7. The quantitative estimate of drug-likeness (QED) is 0.828. The number of rotatable bonds is 5. The number of fused-ring (bicyclic) bond motifs is 1. The van der Waals surface area contributed by atoms with Crippen LogP contribution in [0.25, 0.3) is 0 Å². The number of imide groups is 1. The highest BCUT2D eigenvalue weighted by Crippen LogP contribution is 2.24. The normalized spacial score (nSPS) is 15.6. The number of hydrogen-bond acceptors (Lipinski definition) is 3. The van der Waals surface area contributed by atoms with Crippen LogP contribution in [-0.4, -0.2) is 30.3 Å². The molecule has 0 radical (unpaired) electrons. The summed E-state index contributed by atoms with van der Waals surface area (Å²) in [6.07, 6.45) is 2.35. The molecule has 1 aliphatic heterocycles. The third-order valence-electron chi connectivity index (χ3n) is 3.53. The summed E-state index contributed by atoms with van der Waals surface area (Å²) in [5.41, 5.74) is 1.90. The summed E-state index contributed by atoms with van der Waals surface area (Å²) >= 11 is 0. The zero-order chi connectivity index (χ0) is 14.0. The molecular weight excluding hydrogens is 240 g/mol. The first-order chi connectivity index (χ1) is 9.04. The van der Waals surface area contributed by atoms with Gasteiger partial charge in [-0.15, -0.1) is 0 Å². The van der Waals surface area contributed by atoms with E-state index >= 15 is 0 Å². The lowest BCUT2D eigenvalue weighted by Gasteiger charge is -2.12. The van der Waals surface area contributed by atoms with E-state index in [4.69, 9.17) is 0 Å². The second kappa shape index (κ2) is 5.43. The van der Waals surface area contributed by atoms with E-state index in [0.29, 0.717) is 17.0 Å². The lowest BCUT2D eigenvalue weighted by atomic mass is 10.1. The third kappa shape index (κ3) is 2.62. The Labute approximate surface area is 113 Å². The SMILES string of the molecule is CCCC(C)CNc1ccc2c(c1)C(=O)N(C)C2=O. The topological polar surface area (TPSA) is 49.4 Å². The molecule has 0 fully saturated rings. The predicted octanol–water partition coefficient (Wildman–Crippen LogP) is 2.76. The highest BCUT2D eigenvalue weighted by molar-refractivity contribution is 6.21. The van der Waals surface area contributed by atoms with Gasteiger partial charge in [-0.3, -0.25) is 14.5 Å². The van der Waals surface area contributed by atoms with Gasteiger partial charge in [-0.25, -0.2) is 0 Å². The molecule has 1 aromatic carbocycles. The molecule has 0 aliphatic carbocycles. The van der Waals surface area contributed by atoms with Crippen LogP contribution in [0.5, 0.6) is 0 Å². The van der Waals surface area contributed by atoms with Crippen LogP contribution in [0, 0.1) is 5.92 Å². The zero-order valence-electron chi connectivity index (χ0n) is 11.7. The van der Waals surface area contributed by atoms with Crippen LogP contribution in [0.3, 0.4) is 0 Å². The molecule has 19 heavy (non-hydrogen) atoms. The minimum atomic E-state index is -0.217. The Hall–Kier alpha value is -1.84. The van der Waals surface area contributed by atoms with Gasteiger partial charge in [0.2, 0.25) is 0 Å². The van der Waals surface area contributed by atoms with Gasteiger partial charge in [0.25, 0.3) is 11.8 Å². The third-order valence-corrected chi connectivity index (χ3v) is 3.53. The number of nitrogens with zero attached hydrogens (tertiary/aromatic N) is 1. The maximum Gasteiger partial charge on any atom is 0.261 e. The average Bonchev–Trinajstić information content (AvgIpc) is 2.62. The first kappa shape index (κ1) is 13.6. The van der Waals surface area contributed by atoms with Gasteiger partial charge in [0, 0.05) is 19.3 Å². The van der Waals surface area contributed by atoms with Gasteiger partial charge in [-0.1, -0.05) is 20.3 Å². The van der Waals surface area contributed by atoms with Crippen LogP contribution >= 0.6 is 0 Å². The van der Waals surface area contributed by atoms with Crippen LogP contribution in [0.2, 0.25) is 0 Å². The van der Waals surface area contributed by atoms with Crippen molar-refractivity contribution in [3.63, 3.8) is 0 Å². The number of nitrogens with one attached hydrogen (secondary N) is 1. The molecule has 2 rings (SSSR count). The molecule has 1 heterocycles. The summed E-state index contributed by atoms with van der Waals surface area (Å²) in [5.74, 6) is 0.161. The summed E-state index contributed by atoms with van der Waals surface area (Å²) in [7, 11) is 1.51. The van der Waals surface area contributed by atoms with Crippen LogP contribution in [0.15, 0.2) is 18.2 Å². The van der Waals surface area contributed by atoms with Crippen molar-refractivity contribution in [3.8, 4) is 0 Å². The molecule has 1 N–H and O–H groups in total. The van der Waals surface area contributed by atoms with Crippen molar-refractivity contribution >= 4 is 17.5 Å². The van der Waals surface area contributed by atoms with Crippen molar-refractivity contribution in [2.24, 2.45) is 5.92 Å². The number of benzene rings is 1. The summed E-state index contributed by atoms with van der Waals surface area (Å²) < 4.78 is 0. The van der Waals surface area contributed by atoms with E-state index in [-0.39, 0.29) is 11.8 Å². The minimum absolute atomic E-state index is 0.217. The van der Waals surface area contributed by atoms with E-state index < -0.39 is 0 Å². The molecule has 0 saturated carbocycles. The number of hydrogen-bond donors (Lipinski definition) is 1. The van der Waals surface area contributed by atoms with Gasteiger partial charge in [0.1, 0.15) is 0 Å². The molecule has 0 saturated heterocycles. The number of anilines is 1. The summed E-state index contributed by atoms with van der Waals surface area (Å²) in [4.78, 5) is 24.8. The Balaban J connectivity index is 2.10. The van der Waals surface area contributed by atoms with Crippen molar-refractivity contribution in [1.29, 1.82) is 0 Å². The van der Waals surface area contributed by atoms with E-state index in [9.17, 15) is 9.59 Å². The molecule has 0 bridgehead atoms. The van der Waals surface area contributed by atoms with Gasteiger partial charge in [-0.05, 0) is 30.5 Å². The first-order valence-corrected chi connectivity index (χ1v) is 6.75. The maximum absolute atomic E-state index is 11.9. The van der Waals surface area contributed by atoms with E-state index in [2.05, 4.69) is 19.2 Å². The van der Waals surface area contributed by atoms with E-state index in [1.807, 2.05) is 6.07 Å². The Morgan fingerprint density at radius 2 is 1.89 bits per heavy atom. The molecule has 1 aliphatic rings. The predicted molar refractivity (Wildman–Crippen MR) is 75.4 cm³/mol. The van der Waals surface area contributed by atoms with Gasteiger partial charge < -0.3 is 5.32 Å². The van der Waals surface area contributed by atoms with Gasteiger partial charge in [0.05, 0.1) is 11.1 Å². The van der Waals surface area contributed by atoms with Gasteiger partial charge in [-0.2, -0.15) is 0 Å². The second-order valence-electron chi connectivity index (χ2n) is 5.20. The first-order valence-electron chi connectivity index (χ1n) is 6.75. The van der Waals surface area contributed by atoms with Crippen LogP contribution in [0.1, 0.15) is 47.4 Å². The maximum atomic E-state index is 11.9. The monoisotopic (exact) mass is 260 g/mol. The highest BCUT2D eigenvalue weighted by atomic mass is 16.2. The fourth-order valence-electron chi connectivity index (χ4n) is 2.36. The minimum Gasteiger partial charge on any atom is -0.385 e. The molecule has 102 valence electrons. The smallest absolute Gasteiger partial charge is 0.261 e. The van der Waals surface area contributed by atoms with Crippen LogP contribution in [-0.2, 0) is 0 Å². The summed E-state index contributed by atoms with van der Waals surface area (Å²) in [6.45, 7) is 5.25. The number of carbonyl (C=O) groups excluding carboxylic acids is 2. The molecule has 4 heteroatoms. The van der Waals surface area contributed by atoms with E-state index in [1.165, 1.54) is 19.9 Å². The Bertz CT molecular complexity index is 511. The molecule has 0 aromatic heterocycles. The van der Waals surface area contributed by atoms with Gasteiger partial charge in [0.15, 0.2) is 0 Å². The highest BCUT2D eigenvalue weighted by Gasteiger charge is 2.32. The summed E-state index contributed by atoms with van der Waals surface area (Å²) in [6, 6.07) is 5.37. The standard InChI is InChI=1S/C15H20N2O2/c1-4-5-10(2)9-16-11-6-7-12-13(8-11)15(19)17(3)14(12)18/h6-8,10,16H,4-5,9H2,1-3H3. The van der Waals surface area contributed by atoms with Crippen molar-refractivity contribution in [2.45, 2.75) is 26.7 Å². The molecule has 2 amide bonds. The lowest BCUT2D eigenvalue weighted by molar-refractivity contribution is 0.0693. The van der Waals surface area contributed by atoms with Crippen molar-refractivity contribution in [2.75, 3.05) is 18.9 Å². The van der Waals surface area contributed by atoms with Gasteiger partial charge >= 0.3 is 0 Å². The largest absolute Gasteiger partial charge is 0.385 e. The summed E-state index contributed by atoms with van der Waals surface area (Å²) in [5, 5.41) is 3.33. The fraction of sp³-hybridized carbons (Fsp3) is 0.467. The molecule has 1 atom stereocenters. The van der Waals surface area contributed by atoms with Crippen molar-refractivity contribution < 1.29 is 9.59 Å². The number of amides is 2. The average molecular weight is 260 g/mol. The molecule has 4 nitrogen and oxygen atoms in total. The van der Waals surface area contributed by atoms with Crippen molar-refractivity contribution in [1.82, 2.24) is 4.90 Å². The molecule has 0 spiro atoms. The second-order valence-corrected chi connectivity index (χ2v) is 5.20. The molecular formula is C15H20N2O2. The Kier molecular flexibility index (Phi) is 3.88. The van der Waals surface area contributed by atoms with Crippen LogP contribution in [0.4, 0.5) is 5.69 Å². The van der Waals surface area contributed by atoms with Crippen molar-refractivity contribution in [3.05, 3.63) is 29.3 Å². The van der Waals surface area contributed by atoms with E-state index in [1.54, 1.807) is 12.1 Å². The van der Waals surface area contributed by atoms with E-state index in [0.717, 1.165) is 17.1 Å². The van der Waals surface area contributed by atoms with Crippen LogP contribution < -0.4 is 5.32 Å².